The summed E-state index contributed by atoms with van der Waals surface area (Å²) in [5, 5.41) is 10.0. The van der Waals surface area contributed by atoms with E-state index in [0.29, 0.717) is 25.4 Å². The summed E-state index contributed by atoms with van der Waals surface area (Å²) >= 11 is 0. The van der Waals surface area contributed by atoms with Crippen LogP contribution in [0.2, 0.25) is 0 Å². The Hall–Kier alpha value is -1.75. The maximum absolute atomic E-state index is 11.7. The number of carbonyl (C=O) groups excluding carboxylic acids is 1. The Kier molecular flexibility index (Phi) is 5.07. The van der Waals surface area contributed by atoms with E-state index in [0.717, 1.165) is 24.2 Å². The van der Waals surface area contributed by atoms with Crippen molar-refractivity contribution in [2.24, 2.45) is 0 Å². The highest BCUT2D eigenvalue weighted by Gasteiger charge is 2.26. The number of piperazine rings is 1. The zero-order valence-electron chi connectivity index (χ0n) is 13.0. The van der Waals surface area contributed by atoms with E-state index in [-0.39, 0.29) is 12.1 Å². The average molecular weight is 292 g/mol. The van der Waals surface area contributed by atoms with Gasteiger partial charge in [0, 0.05) is 37.8 Å². The Bertz CT molecular complexity index is 496. The zero-order valence-corrected chi connectivity index (χ0v) is 13.0. The van der Waals surface area contributed by atoms with Crippen molar-refractivity contribution in [2.75, 3.05) is 32.8 Å². The van der Waals surface area contributed by atoms with Crippen LogP contribution in [-0.2, 0) is 4.74 Å². The van der Waals surface area contributed by atoms with Crippen LogP contribution in [0.5, 0.6) is 5.75 Å². The number of carbonyl (C=O) groups is 1. The van der Waals surface area contributed by atoms with Crippen molar-refractivity contribution in [1.29, 1.82) is 0 Å². The molecule has 1 atom stereocenters. The molecule has 0 spiro atoms. The molecule has 1 N–H and O–H groups in total. The summed E-state index contributed by atoms with van der Waals surface area (Å²) in [6.07, 6.45) is -0.233. The van der Waals surface area contributed by atoms with Gasteiger partial charge in [0.15, 0.2) is 0 Å². The maximum atomic E-state index is 11.7. The van der Waals surface area contributed by atoms with Gasteiger partial charge in [-0.05, 0) is 26.8 Å². The van der Waals surface area contributed by atoms with Gasteiger partial charge < -0.3 is 14.7 Å². The molecule has 0 bridgehead atoms. The van der Waals surface area contributed by atoms with Gasteiger partial charge in [0.2, 0.25) is 0 Å². The molecule has 1 heterocycles. The molecule has 1 amide bonds. The van der Waals surface area contributed by atoms with Crippen LogP contribution in [0.25, 0.3) is 0 Å². The standard InChI is InChI=1S/C16H24N2O3/c1-4-21-16(20)18-9-7-17(8-10-18)13(3)14-11-12(2)5-6-15(14)19/h5-6,11,13,19H,4,7-10H2,1-3H3. The van der Waals surface area contributed by atoms with Crippen molar-refractivity contribution < 1.29 is 14.6 Å². The second-order valence-corrected chi connectivity index (χ2v) is 5.46. The van der Waals surface area contributed by atoms with Crippen molar-refractivity contribution in [3.63, 3.8) is 0 Å². The number of ether oxygens (including phenoxy) is 1. The largest absolute Gasteiger partial charge is 0.508 e. The number of amides is 1. The van der Waals surface area contributed by atoms with Crippen molar-refractivity contribution in [1.82, 2.24) is 9.80 Å². The average Bonchev–Trinajstić information content (AvgIpc) is 2.49. The van der Waals surface area contributed by atoms with Gasteiger partial charge in [-0.15, -0.1) is 0 Å². The second kappa shape index (κ2) is 6.80. The zero-order chi connectivity index (χ0) is 15.4. The quantitative estimate of drug-likeness (QED) is 0.930. The molecule has 0 aromatic heterocycles. The number of hydrogen-bond acceptors (Lipinski definition) is 4. The number of hydrogen-bond donors (Lipinski definition) is 1. The Morgan fingerprint density at radius 3 is 2.62 bits per heavy atom. The highest BCUT2D eigenvalue weighted by Crippen LogP contribution is 2.29. The van der Waals surface area contributed by atoms with Gasteiger partial charge in [-0.25, -0.2) is 4.79 Å². The SMILES string of the molecule is CCOC(=O)N1CCN(C(C)c2cc(C)ccc2O)CC1. The predicted octanol–water partition coefficient (Wildman–Crippen LogP) is 2.54. The monoisotopic (exact) mass is 292 g/mol. The van der Waals surface area contributed by atoms with E-state index in [1.807, 2.05) is 26.0 Å². The number of aromatic hydroxyl groups is 1. The fourth-order valence-corrected chi connectivity index (χ4v) is 2.71. The minimum absolute atomic E-state index is 0.134. The van der Waals surface area contributed by atoms with Gasteiger partial charge in [0.25, 0.3) is 0 Å². The van der Waals surface area contributed by atoms with Crippen molar-refractivity contribution >= 4 is 6.09 Å². The molecule has 2 rings (SSSR count). The topological polar surface area (TPSA) is 53.0 Å². The first kappa shape index (κ1) is 15.6. The highest BCUT2D eigenvalue weighted by atomic mass is 16.6. The maximum Gasteiger partial charge on any atom is 0.409 e. The van der Waals surface area contributed by atoms with Gasteiger partial charge in [-0.3, -0.25) is 4.90 Å². The summed E-state index contributed by atoms with van der Waals surface area (Å²) in [5.41, 5.74) is 2.08. The molecule has 1 saturated heterocycles. The molecule has 0 radical (unpaired) electrons. The third-order valence-electron chi connectivity index (χ3n) is 4.02. The predicted molar refractivity (Wildman–Crippen MR) is 81.4 cm³/mol. The summed E-state index contributed by atoms with van der Waals surface area (Å²) in [6.45, 7) is 9.23. The molecule has 1 unspecified atom stereocenters. The Morgan fingerprint density at radius 2 is 2.00 bits per heavy atom. The molecule has 5 nitrogen and oxygen atoms in total. The third-order valence-corrected chi connectivity index (χ3v) is 4.02. The molecule has 0 aliphatic carbocycles. The van der Waals surface area contributed by atoms with Gasteiger partial charge in [-0.1, -0.05) is 17.7 Å². The van der Waals surface area contributed by atoms with Crippen LogP contribution in [0, 0.1) is 6.92 Å². The Balaban J connectivity index is 1.98. The van der Waals surface area contributed by atoms with Crippen LogP contribution >= 0.6 is 0 Å². The molecule has 116 valence electrons. The minimum Gasteiger partial charge on any atom is -0.508 e. The fourth-order valence-electron chi connectivity index (χ4n) is 2.71. The molecular weight excluding hydrogens is 268 g/mol. The Morgan fingerprint density at radius 1 is 1.33 bits per heavy atom. The number of rotatable bonds is 3. The summed E-state index contributed by atoms with van der Waals surface area (Å²) < 4.78 is 5.03. The van der Waals surface area contributed by atoms with E-state index in [9.17, 15) is 9.90 Å². The minimum atomic E-state index is -0.233. The number of phenolic OH excluding ortho intramolecular Hbond substituents is 1. The number of aryl methyl sites for hydroxylation is 1. The number of nitrogens with zero attached hydrogens (tertiary/aromatic N) is 2. The molecule has 1 aliphatic heterocycles. The fraction of sp³-hybridized carbons (Fsp3) is 0.562. The first-order chi connectivity index (χ1) is 10.0. The molecule has 0 saturated carbocycles. The summed E-state index contributed by atoms with van der Waals surface area (Å²) in [4.78, 5) is 15.7. The molecule has 1 fully saturated rings. The van der Waals surface area contributed by atoms with Crippen LogP contribution in [0.3, 0.4) is 0 Å². The normalized spacial score (nSPS) is 17.6. The van der Waals surface area contributed by atoms with E-state index < -0.39 is 0 Å². The smallest absolute Gasteiger partial charge is 0.409 e. The lowest BCUT2D eigenvalue weighted by atomic mass is 10.0. The van der Waals surface area contributed by atoms with Crippen molar-refractivity contribution in [3.8, 4) is 5.75 Å². The number of phenols is 1. The molecule has 21 heavy (non-hydrogen) atoms. The molecule has 1 aromatic carbocycles. The van der Waals surface area contributed by atoms with E-state index in [2.05, 4.69) is 11.8 Å². The van der Waals surface area contributed by atoms with Crippen LogP contribution < -0.4 is 0 Å². The van der Waals surface area contributed by atoms with Crippen molar-refractivity contribution in [2.45, 2.75) is 26.8 Å². The van der Waals surface area contributed by atoms with E-state index in [4.69, 9.17) is 4.74 Å². The second-order valence-electron chi connectivity index (χ2n) is 5.46. The van der Waals surface area contributed by atoms with E-state index in [1.54, 1.807) is 11.0 Å². The number of benzene rings is 1. The highest BCUT2D eigenvalue weighted by molar-refractivity contribution is 5.67. The first-order valence-electron chi connectivity index (χ1n) is 7.48. The molecule has 1 aliphatic rings. The van der Waals surface area contributed by atoms with Gasteiger partial charge in [0.1, 0.15) is 5.75 Å². The van der Waals surface area contributed by atoms with Crippen LogP contribution in [-0.4, -0.2) is 53.8 Å². The molecular formula is C16H24N2O3. The summed E-state index contributed by atoms with van der Waals surface area (Å²) in [6, 6.07) is 5.81. The van der Waals surface area contributed by atoms with E-state index in [1.165, 1.54) is 0 Å². The Labute approximate surface area is 126 Å². The van der Waals surface area contributed by atoms with E-state index >= 15 is 0 Å². The summed E-state index contributed by atoms with van der Waals surface area (Å²) in [5.74, 6) is 0.334. The lowest BCUT2D eigenvalue weighted by Gasteiger charge is -2.37. The van der Waals surface area contributed by atoms with Gasteiger partial charge in [-0.2, -0.15) is 0 Å². The third kappa shape index (κ3) is 3.67. The first-order valence-corrected chi connectivity index (χ1v) is 7.48. The molecule has 1 aromatic rings. The van der Waals surface area contributed by atoms with Gasteiger partial charge in [0.05, 0.1) is 6.61 Å². The van der Waals surface area contributed by atoms with Gasteiger partial charge >= 0.3 is 6.09 Å². The van der Waals surface area contributed by atoms with Crippen LogP contribution in [0.4, 0.5) is 4.79 Å². The summed E-state index contributed by atoms with van der Waals surface area (Å²) in [7, 11) is 0. The van der Waals surface area contributed by atoms with Crippen LogP contribution in [0.1, 0.15) is 31.0 Å². The molecule has 5 heteroatoms. The lowest BCUT2D eigenvalue weighted by molar-refractivity contribution is 0.0682. The van der Waals surface area contributed by atoms with Crippen molar-refractivity contribution in [3.05, 3.63) is 29.3 Å². The van der Waals surface area contributed by atoms with Crippen LogP contribution in [0.15, 0.2) is 18.2 Å². The lowest BCUT2D eigenvalue weighted by Crippen LogP contribution is -2.49.